The van der Waals surface area contributed by atoms with Gasteiger partial charge in [-0.05, 0) is 48.9 Å². The van der Waals surface area contributed by atoms with E-state index in [9.17, 15) is 4.39 Å². The Hall–Kier alpha value is -1.19. The van der Waals surface area contributed by atoms with Crippen molar-refractivity contribution in [3.8, 4) is 0 Å². The van der Waals surface area contributed by atoms with Crippen LogP contribution in [-0.4, -0.2) is 6.04 Å². The summed E-state index contributed by atoms with van der Waals surface area (Å²) >= 11 is 3.38. The lowest BCUT2D eigenvalue weighted by molar-refractivity contribution is 0.577. The van der Waals surface area contributed by atoms with Gasteiger partial charge in [0, 0.05) is 10.5 Å². The molecular weight excluding hydrogens is 317 g/mol. The molecule has 0 heterocycles. The molecule has 0 amide bonds. The number of aryl methyl sites for hydroxylation is 1. The summed E-state index contributed by atoms with van der Waals surface area (Å²) in [5, 5.41) is 0. The quantitative estimate of drug-likeness (QED) is 0.827. The molecule has 0 aliphatic heterocycles. The van der Waals surface area contributed by atoms with Crippen LogP contribution in [0.1, 0.15) is 24.0 Å². The van der Waals surface area contributed by atoms with Gasteiger partial charge in [0.15, 0.2) is 0 Å². The second kappa shape index (κ2) is 7.55. The van der Waals surface area contributed by atoms with Crippen LogP contribution in [-0.2, 0) is 12.8 Å². The van der Waals surface area contributed by atoms with Crippen molar-refractivity contribution < 1.29 is 4.39 Å². The number of halogens is 2. The first-order valence-corrected chi connectivity index (χ1v) is 7.68. The van der Waals surface area contributed by atoms with Gasteiger partial charge in [-0.25, -0.2) is 4.39 Å². The van der Waals surface area contributed by atoms with Gasteiger partial charge in [-0.2, -0.15) is 0 Å². The number of nitrogens with two attached hydrogens (primary N) is 1. The number of hydrogen-bond acceptors (Lipinski definition) is 1. The molecule has 0 fully saturated rings. The van der Waals surface area contributed by atoms with Crippen LogP contribution in [0.15, 0.2) is 53.0 Å². The van der Waals surface area contributed by atoms with Gasteiger partial charge in [0.05, 0.1) is 0 Å². The Labute approximate surface area is 128 Å². The third-order valence-corrected chi connectivity index (χ3v) is 4.12. The summed E-state index contributed by atoms with van der Waals surface area (Å²) in [4.78, 5) is 0. The maximum atomic E-state index is 13.0. The highest BCUT2D eigenvalue weighted by Crippen LogP contribution is 2.20. The maximum absolute atomic E-state index is 13.0. The van der Waals surface area contributed by atoms with E-state index in [2.05, 4.69) is 40.2 Å². The lowest BCUT2D eigenvalue weighted by Gasteiger charge is -2.13. The molecule has 0 radical (unpaired) electrons. The minimum absolute atomic E-state index is 0.112. The SMILES string of the molecule is NC(CCCc1ccccc1)Cc1ccc(F)cc1Br. The molecule has 3 heteroatoms. The zero-order valence-corrected chi connectivity index (χ0v) is 12.9. The molecule has 106 valence electrons. The lowest BCUT2D eigenvalue weighted by Crippen LogP contribution is -2.23. The van der Waals surface area contributed by atoms with Gasteiger partial charge >= 0.3 is 0 Å². The summed E-state index contributed by atoms with van der Waals surface area (Å²) in [5.41, 5.74) is 8.58. The summed E-state index contributed by atoms with van der Waals surface area (Å²) < 4.78 is 13.8. The first-order chi connectivity index (χ1) is 9.65. The summed E-state index contributed by atoms with van der Waals surface area (Å²) in [7, 11) is 0. The normalized spacial score (nSPS) is 12.3. The van der Waals surface area contributed by atoms with Crippen molar-refractivity contribution in [2.45, 2.75) is 31.7 Å². The molecule has 0 aliphatic rings. The van der Waals surface area contributed by atoms with E-state index in [1.165, 1.54) is 17.7 Å². The minimum atomic E-state index is -0.224. The van der Waals surface area contributed by atoms with Crippen molar-refractivity contribution in [3.05, 3.63) is 69.9 Å². The van der Waals surface area contributed by atoms with E-state index >= 15 is 0 Å². The minimum Gasteiger partial charge on any atom is -0.327 e. The lowest BCUT2D eigenvalue weighted by atomic mass is 10.00. The molecule has 0 saturated heterocycles. The smallest absolute Gasteiger partial charge is 0.124 e. The van der Waals surface area contributed by atoms with Gasteiger partial charge in [-0.1, -0.05) is 52.3 Å². The van der Waals surface area contributed by atoms with E-state index in [-0.39, 0.29) is 11.9 Å². The average Bonchev–Trinajstić information content (AvgIpc) is 2.43. The fourth-order valence-corrected chi connectivity index (χ4v) is 2.80. The van der Waals surface area contributed by atoms with E-state index in [1.54, 1.807) is 6.07 Å². The van der Waals surface area contributed by atoms with Crippen LogP contribution in [0.5, 0.6) is 0 Å². The van der Waals surface area contributed by atoms with Gasteiger partial charge in [0.25, 0.3) is 0 Å². The molecule has 1 unspecified atom stereocenters. The fraction of sp³-hybridized carbons (Fsp3) is 0.294. The molecule has 2 aromatic carbocycles. The van der Waals surface area contributed by atoms with E-state index in [0.29, 0.717) is 0 Å². The highest BCUT2D eigenvalue weighted by atomic mass is 79.9. The van der Waals surface area contributed by atoms with Gasteiger partial charge < -0.3 is 5.73 Å². The summed E-state index contributed by atoms with van der Waals surface area (Å²) in [6.07, 6.45) is 3.87. The predicted octanol–water partition coefficient (Wildman–Crippen LogP) is 4.48. The molecule has 20 heavy (non-hydrogen) atoms. The van der Waals surface area contributed by atoms with Crippen LogP contribution in [0, 0.1) is 5.82 Å². The first kappa shape index (κ1) is 15.2. The molecule has 0 saturated carbocycles. The van der Waals surface area contributed by atoms with Crippen LogP contribution >= 0.6 is 15.9 Å². The van der Waals surface area contributed by atoms with Gasteiger partial charge in [-0.3, -0.25) is 0 Å². The maximum Gasteiger partial charge on any atom is 0.124 e. The van der Waals surface area contributed by atoms with Crippen molar-refractivity contribution in [2.75, 3.05) is 0 Å². The second-order valence-corrected chi connectivity index (χ2v) is 5.93. The highest BCUT2D eigenvalue weighted by molar-refractivity contribution is 9.10. The van der Waals surface area contributed by atoms with E-state index in [4.69, 9.17) is 5.73 Å². The van der Waals surface area contributed by atoms with Crippen molar-refractivity contribution in [2.24, 2.45) is 5.73 Å². The Morgan fingerprint density at radius 1 is 1.10 bits per heavy atom. The first-order valence-electron chi connectivity index (χ1n) is 6.88. The molecule has 2 aromatic rings. The van der Waals surface area contributed by atoms with E-state index in [1.807, 2.05) is 6.07 Å². The fourth-order valence-electron chi connectivity index (χ4n) is 2.28. The van der Waals surface area contributed by atoms with Crippen molar-refractivity contribution >= 4 is 15.9 Å². The summed E-state index contributed by atoms with van der Waals surface area (Å²) in [6.45, 7) is 0. The molecule has 0 spiro atoms. The zero-order chi connectivity index (χ0) is 14.4. The number of rotatable bonds is 6. The third-order valence-electron chi connectivity index (χ3n) is 3.38. The standard InChI is InChI=1S/C17H19BrFN/c18-17-12-15(19)10-9-14(17)11-16(20)8-4-7-13-5-2-1-3-6-13/h1-3,5-6,9-10,12,16H,4,7-8,11,20H2. The van der Waals surface area contributed by atoms with Gasteiger partial charge in [0.2, 0.25) is 0 Å². The van der Waals surface area contributed by atoms with Crippen LogP contribution in [0.4, 0.5) is 4.39 Å². The molecular formula is C17H19BrFN. The Bertz CT molecular complexity index is 542. The highest BCUT2D eigenvalue weighted by Gasteiger charge is 2.08. The molecule has 0 bridgehead atoms. The molecule has 0 aromatic heterocycles. The van der Waals surface area contributed by atoms with Crippen LogP contribution < -0.4 is 5.73 Å². The summed E-state index contributed by atoms with van der Waals surface area (Å²) in [6, 6.07) is 15.3. The Morgan fingerprint density at radius 2 is 1.85 bits per heavy atom. The monoisotopic (exact) mass is 335 g/mol. The molecule has 0 aliphatic carbocycles. The van der Waals surface area contributed by atoms with Crippen LogP contribution in [0.3, 0.4) is 0 Å². The molecule has 2 N–H and O–H groups in total. The van der Waals surface area contributed by atoms with E-state index < -0.39 is 0 Å². The van der Waals surface area contributed by atoms with Gasteiger partial charge in [-0.15, -0.1) is 0 Å². The topological polar surface area (TPSA) is 26.0 Å². The van der Waals surface area contributed by atoms with Crippen LogP contribution in [0.2, 0.25) is 0 Å². The molecule has 1 nitrogen and oxygen atoms in total. The Balaban J connectivity index is 1.79. The Kier molecular flexibility index (Phi) is 5.74. The predicted molar refractivity (Wildman–Crippen MR) is 85.2 cm³/mol. The average molecular weight is 336 g/mol. The van der Waals surface area contributed by atoms with Crippen molar-refractivity contribution in [1.29, 1.82) is 0 Å². The van der Waals surface area contributed by atoms with Crippen molar-refractivity contribution in [3.63, 3.8) is 0 Å². The number of hydrogen-bond donors (Lipinski definition) is 1. The molecule has 2 rings (SSSR count). The number of benzene rings is 2. The van der Waals surface area contributed by atoms with Crippen LogP contribution in [0.25, 0.3) is 0 Å². The molecule has 1 atom stereocenters. The Morgan fingerprint density at radius 3 is 2.55 bits per heavy atom. The summed E-state index contributed by atoms with van der Waals surface area (Å²) in [5.74, 6) is -0.224. The van der Waals surface area contributed by atoms with E-state index in [0.717, 1.165) is 35.7 Å². The van der Waals surface area contributed by atoms with Gasteiger partial charge in [0.1, 0.15) is 5.82 Å². The third kappa shape index (κ3) is 4.73. The zero-order valence-electron chi connectivity index (χ0n) is 11.4. The largest absolute Gasteiger partial charge is 0.327 e. The van der Waals surface area contributed by atoms with Crippen molar-refractivity contribution in [1.82, 2.24) is 0 Å². The second-order valence-electron chi connectivity index (χ2n) is 5.08.